The van der Waals surface area contributed by atoms with Gasteiger partial charge < -0.3 is 0 Å². The molecule has 2 aromatic heterocycles. The van der Waals surface area contributed by atoms with Crippen molar-refractivity contribution in [3.8, 4) is 0 Å². The van der Waals surface area contributed by atoms with E-state index < -0.39 is 0 Å². The number of aryl methyl sites for hydroxylation is 3. The molecule has 0 aliphatic carbocycles. The van der Waals surface area contributed by atoms with Crippen LogP contribution in [0.2, 0.25) is 0 Å². The predicted molar refractivity (Wildman–Crippen MR) is 60.7 cm³/mol. The number of carbonyl (C=O) groups excluding carboxylic acids is 1. The second kappa shape index (κ2) is 4.01. The highest BCUT2D eigenvalue weighted by Gasteiger charge is 2.16. The molecule has 1 amide bonds. The summed E-state index contributed by atoms with van der Waals surface area (Å²) in [6, 6.07) is 0. The number of hydrogen-bond acceptors (Lipinski definition) is 5. The van der Waals surface area contributed by atoms with Crippen LogP contribution < -0.4 is 5.32 Å². The Balaban J connectivity index is 2.21. The smallest absolute Gasteiger partial charge is 0.261 e. The molecule has 6 nitrogen and oxygen atoms in total. The second-order valence-electron chi connectivity index (χ2n) is 3.39. The standard InChI is InChI=1S/C9H11N5OS/c1-4-7(5(2)12-11-4)8(15)10-9-14-13-6(3)16-9/h1-3H3,(H,11,12)(H,10,14,15). The lowest BCUT2D eigenvalue weighted by Crippen LogP contribution is -2.13. The molecule has 0 aliphatic rings. The van der Waals surface area contributed by atoms with E-state index in [-0.39, 0.29) is 5.91 Å². The van der Waals surface area contributed by atoms with Crippen LogP contribution in [0.1, 0.15) is 26.8 Å². The van der Waals surface area contributed by atoms with Gasteiger partial charge in [-0.05, 0) is 20.8 Å². The molecular weight excluding hydrogens is 226 g/mol. The monoisotopic (exact) mass is 237 g/mol. The Morgan fingerprint density at radius 3 is 2.56 bits per heavy atom. The third-order valence-corrected chi connectivity index (χ3v) is 2.86. The van der Waals surface area contributed by atoms with E-state index in [0.717, 1.165) is 10.7 Å². The molecule has 7 heteroatoms. The Kier molecular flexibility index (Phi) is 2.69. The SMILES string of the molecule is Cc1nnc(NC(=O)c2c(C)n[nH]c2C)s1. The number of carbonyl (C=O) groups is 1. The largest absolute Gasteiger partial charge is 0.296 e. The number of hydrogen-bond donors (Lipinski definition) is 2. The highest BCUT2D eigenvalue weighted by atomic mass is 32.1. The van der Waals surface area contributed by atoms with Gasteiger partial charge in [0, 0.05) is 5.69 Å². The van der Waals surface area contributed by atoms with E-state index in [4.69, 9.17) is 0 Å². The van der Waals surface area contributed by atoms with Gasteiger partial charge in [-0.1, -0.05) is 11.3 Å². The van der Waals surface area contributed by atoms with Crippen LogP contribution in [0.4, 0.5) is 5.13 Å². The molecule has 84 valence electrons. The van der Waals surface area contributed by atoms with Gasteiger partial charge in [0.25, 0.3) is 5.91 Å². The first-order valence-electron chi connectivity index (χ1n) is 4.71. The van der Waals surface area contributed by atoms with Crippen LogP contribution in [0.15, 0.2) is 0 Å². The van der Waals surface area contributed by atoms with E-state index in [1.807, 2.05) is 6.92 Å². The van der Waals surface area contributed by atoms with Gasteiger partial charge in [-0.25, -0.2) is 0 Å². The fraction of sp³-hybridized carbons (Fsp3) is 0.333. The number of aromatic nitrogens is 4. The van der Waals surface area contributed by atoms with E-state index in [1.54, 1.807) is 13.8 Å². The van der Waals surface area contributed by atoms with Gasteiger partial charge in [-0.2, -0.15) is 5.10 Å². The normalized spacial score (nSPS) is 10.4. The summed E-state index contributed by atoms with van der Waals surface area (Å²) >= 11 is 1.34. The number of H-pyrrole nitrogens is 1. The first-order valence-corrected chi connectivity index (χ1v) is 5.52. The van der Waals surface area contributed by atoms with Crippen molar-refractivity contribution < 1.29 is 4.79 Å². The van der Waals surface area contributed by atoms with Crippen LogP contribution in [0, 0.1) is 20.8 Å². The topological polar surface area (TPSA) is 83.6 Å². The van der Waals surface area contributed by atoms with Crippen LogP contribution in [0.5, 0.6) is 0 Å². The summed E-state index contributed by atoms with van der Waals surface area (Å²) in [4.78, 5) is 11.9. The molecule has 2 N–H and O–H groups in total. The molecule has 2 aromatic rings. The number of nitrogens with zero attached hydrogens (tertiary/aromatic N) is 3. The highest BCUT2D eigenvalue weighted by molar-refractivity contribution is 7.15. The minimum Gasteiger partial charge on any atom is -0.296 e. The van der Waals surface area contributed by atoms with E-state index in [1.165, 1.54) is 11.3 Å². The van der Waals surface area contributed by atoms with Gasteiger partial charge in [0.15, 0.2) is 0 Å². The molecule has 16 heavy (non-hydrogen) atoms. The van der Waals surface area contributed by atoms with E-state index in [0.29, 0.717) is 16.4 Å². The van der Waals surface area contributed by atoms with E-state index in [2.05, 4.69) is 25.7 Å². The Morgan fingerprint density at radius 1 is 1.31 bits per heavy atom. The van der Waals surface area contributed by atoms with Crippen molar-refractivity contribution in [1.29, 1.82) is 0 Å². The molecule has 0 spiro atoms. The van der Waals surface area contributed by atoms with Crippen molar-refractivity contribution in [3.05, 3.63) is 22.0 Å². The molecule has 0 bridgehead atoms. The third-order valence-electron chi connectivity index (χ3n) is 2.10. The third kappa shape index (κ3) is 1.94. The molecule has 0 fully saturated rings. The van der Waals surface area contributed by atoms with Gasteiger partial charge in [0.1, 0.15) is 5.01 Å². The van der Waals surface area contributed by atoms with E-state index in [9.17, 15) is 4.79 Å². The van der Waals surface area contributed by atoms with Crippen LogP contribution in [0.25, 0.3) is 0 Å². The first-order chi connectivity index (χ1) is 7.58. The molecule has 0 atom stereocenters. The Hall–Kier alpha value is -1.76. The van der Waals surface area contributed by atoms with Gasteiger partial charge in [-0.15, -0.1) is 10.2 Å². The van der Waals surface area contributed by atoms with Crippen LogP contribution >= 0.6 is 11.3 Å². The maximum atomic E-state index is 11.9. The van der Waals surface area contributed by atoms with Gasteiger partial charge in [0.05, 0.1) is 11.3 Å². The number of anilines is 1. The van der Waals surface area contributed by atoms with Crippen LogP contribution in [-0.2, 0) is 0 Å². The summed E-state index contributed by atoms with van der Waals surface area (Å²) in [5.41, 5.74) is 1.99. The molecule has 0 saturated heterocycles. The number of nitrogens with one attached hydrogen (secondary N) is 2. The van der Waals surface area contributed by atoms with Crippen molar-refractivity contribution in [2.24, 2.45) is 0 Å². The van der Waals surface area contributed by atoms with Gasteiger partial charge >= 0.3 is 0 Å². The minimum absolute atomic E-state index is 0.208. The summed E-state index contributed by atoms with van der Waals surface area (Å²) in [7, 11) is 0. The van der Waals surface area contributed by atoms with Gasteiger partial charge in [0.2, 0.25) is 5.13 Å². The molecule has 2 rings (SSSR count). The quantitative estimate of drug-likeness (QED) is 0.827. The average molecular weight is 237 g/mol. The summed E-state index contributed by atoms with van der Waals surface area (Å²) in [6.45, 7) is 5.42. The molecule has 0 aliphatic heterocycles. The predicted octanol–water partition coefficient (Wildman–Crippen LogP) is 1.44. The molecule has 0 saturated carbocycles. The Bertz CT molecular complexity index is 510. The highest BCUT2D eigenvalue weighted by Crippen LogP contribution is 2.16. The lowest BCUT2D eigenvalue weighted by atomic mass is 10.2. The van der Waals surface area contributed by atoms with E-state index >= 15 is 0 Å². The fourth-order valence-corrected chi connectivity index (χ4v) is 1.98. The summed E-state index contributed by atoms with van der Waals surface area (Å²) in [5.74, 6) is -0.208. The zero-order chi connectivity index (χ0) is 11.7. The maximum Gasteiger partial charge on any atom is 0.261 e. The van der Waals surface area contributed by atoms with Crippen molar-refractivity contribution in [2.75, 3.05) is 5.32 Å². The fourth-order valence-electron chi connectivity index (χ4n) is 1.39. The lowest BCUT2D eigenvalue weighted by Gasteiger charge is -2.00. The molecule has 0 unspecified atom stereocenters. The number of amides is 1. The van der Waals surface area contributed by atoms with Crippen LogP contribution in [0.3, 0.4) is 0 Å². The lowest BCUT2D eigenvalue weighted by molar-refractivity contribution is 0.102. The molecule has 0 radical (unpaired) electrons. The summed E-state index contributed by atoms with van der Waals surface area (Å²) < 4.78 is 0. The zero-order valence-electron chi connectivity index (χ0n) is 9.16. The molecule has 2 heterocycles. The second-order valence-corrected chi connectivity index (χ2v) is 4.57. The number of aromatic amines is 1. The van der Waals surface area contributed by atoms with Crippen molar-refractivity contribution >= 4 is 22.4 Å². The minimum atomic E-state index is -0.208. The van der Waals surface area contributed by atoms with Crippen LogP contribution in [-0.4, -0.2) is 26.3 Å². The van der Waals surface area contributed by atoms with Crippen molar-refractivity contribution in [1.82, 2.24) is 20.4 Å². The maximum absolute atomic E-state index is 11.9. The molecular formula is C9H11N5OS. The summed E-state index contributed by atoms with van der Waals surface area (Å²) in [6.07, 6.45) is 0. The average Bonchev–Trinajstić information content (AvgIpc) is 2.74. The van der Waals surface area contributed by atoms with Gasteiger partial charge in [-0.3, -0.25) is 15.2 Å². The van der Waals surface area contributed by atoms with Crippen molar-refractivity contribution in [3.63, 3.8) is 0 Å². The molecule has 0 aromatic carbocycles. The summed E-state index contributed by atoms with van der Waals surface area (Å²) in [5, 5.41) is 18.4. The zero-order valence-corrected chi connectivity index (χ0v) is 9.97. The Labute approximate surface area is 96.1 Å². The Morgan fingerprint density at radius 2 is 2.06 bits per heavy atom. The first kappa shape index (κ1) is 10.7. The number of rotatable bonds is 2. The van der Waals surface area contributed by atoms with Crippen molar-refractivity contribution in [2.45, 2.75) is 20.8 Å².